The first kappa shape index (κ1) is 9.81. The van der Waals surface area contributed by atoms with Crippen molar-refractivity contribution in [3.63, 3.8) is 0 Å². The molecule has 0 heterocycles. The van der Waals surface area contributed by atoms with Crippen molar-refractivity contribution < 1.29 is 9.53 Å². The topological polar surface area (TPSA) is 64.3 Å². The zero-order chi connectivity index (χ0) is 8.85. The molecule has 0 fully saturated rings. The smallest absolute Gasteiger partial charge is 0.355 e. The summed E-state index contributed by atoms with van der Waals surface area (Å²) >= 11 is 0. The predicted molar refractivity (Wildman–Crippen MR) is 42.6 cm³/mol. The van der Waals surface area contributed by atoms with Crippen LogP contribution >= 0.6 is 0 Å². The fraction of sp³-hybridized carbons (Fsp3) is 0.571. The van der Waals surface area contributed by atoms with Crippen molar-refractivity contribution in [2.75, 3.05) is 13.7 Å². The fourth-order valence-corrected chi connectivity index (χ4v) is 0.623. The summed E-state index contributed by atoms with van der Waals surface area (Å²) in [6.07, 6.45) is 0. The lowest BCUT2D eigenvalue weighted by molar-refractivity contribution is -0.136. The molecule has 0 rings (SSSR count). The monoisotopic (exact) mass is 158 g/mol. The van der Waals surface area contributed by atoms with Gasteiger partial charge in [-0.1, -0.05) is 0 Å². The molecule has 64 valence electrons. The summed E-state index contributed by atoms with van der Waals surface area (Å²) in [6.45, 7) is 4.40. The predicted octanol–water partition coefficient (Wildman–Crippen LogP) is -0.0409. The summed E-state index contributed by atoms with van der Waals surface area (Å²) in [5, 5.41) is 2.91. The maximum atomic E-state index is 10.8. The number of rotatable bonds is 3. The Hall–Kier alpha value is -1.19. The van der Waals surface area contributed by atoms with Crippen LogP contribution in [0.3, 0.4) is 0 Å². The van der Waals surface area contributed by atoms with Crippen molar-refractivity contribution >= 4 is 5.97 Å². The van der Waals surface area contributed by atoms with Gasteiger partial charge in [-0.15, -0.1) is 0 Å². The van der Waals surface area contributed by atoms with E-state index in [1.165, 1.54) is 7.11 Å². The van der Waals surface area contributed by atoms with E-state index in [9.17, 15) is 4.79 Å². The number of allylic oxidation sites excluding steroid dienone is 1. The number of hydrogen-bond acceptors (Lipinski definition) is 4. The molecule has 0 aromatic rings. The number of methoxy groups -OCH3 is 1. The second kappa shape index (κ2) is 4.60. The van der Waals surface area contributed by atoms with E-state index in [-0.39, 0.29) is 5.70 Å². The van der Waals surface area contributed by atoms with Crippen LogP contribution in [0.1, 0.15) is 13.8 Å². The number of esters is 1. The Morgan fingerprint density at radius 2 is 2.18 bits per heavy atom. The van der Waals surface area contributed by atoms with E-state index in [4.69, 9.17) is 5.73 Å². The third kappa shape index (κ3) is 2.93. The van der Waals surface area contributed by atoms with Crippen LogP contribution in [0.15, 0.2) is 11.4 Å². The molecule has 0 aliphatic rings. The van der Waals surface area contributed by atoms with Gasteiger partial charge in [-0.05, 0) is 13.8 Å². The van der Waals surface area contributed by atoms with Gasteiger partial charge < -0.3 is 15.8 Å². The van der Waals surface area contributed by atoms with Crippen LogP contribution in [0.25, 0.3) is 0 Å². The van der Waals surface area contributed by atoms with Gasteiger partial charge in [-0.3, -0.25) is 0 Å². The van der Waals surface area contributed by atoms with Crippen LogP contribution in [0.4, 0.5) is 0 Å². The Bertz CT molecular complexity index is 175. The zero-order valence-corrected chi connectivity index (χ0v) is 7.10. The van der Waals surface area contributed by atoms with Crippen molar-refractivity contribution in [3.05, 3.63) is 11.4 Å². The maximum Gasteiger partial charge on any atom is 0.355 e. The van der Waals surface area contributed by atoms with E-state index in [0.29, 0.717) is 5.70 Å². The number of ether oxygens (including phenoxy) is 1. The normalized spacial score (nSPS) is 11.9. The van der Waals surface area contributed by atoms with Crippen LogP contribution < -0.4 is 11.1 Å². The molecule has 11 heavy (non-hydrogen) atoms. The van der Waals surface area contributed by atoms with Gasteiger partial charge in [-0.2, -0.15) is 0 Å². The second-order valence-electron chi connectivity index (χ2n) is 2.06. The lowest BCUT2D eigenvalue weighted by Gasteiger charge is -2.05. The Morgan fingerprint density at radius 3 is 2.55 bits per heavy atom. The minimum Gasteiger partial charge on any atom is -0.464 e. The number of nitrogens with one attached hydrogen (secondary N) is 1. The summed E-state index contributed by atoms with van der Waals surface area (Å²) in [5.41, 5.74) is 6.19. The van der Waals surface area contributed by atoms with Gasteiger partial charge in [0.05, 0.1) is 7.11 Å². The molecule has 0 aromatic heterocycles. The van der Waals surface area contributed by atoms with Crippen molar-refractivity contribution in [3.8, 4) is 0 Å². The van der Waals surface area contributed by atoms with Crippen molar-refractivity contribution in [2.45, 2.75) is 13.8 Å². The average molecular weight is 158 g/mol. The van der Waals surface area contributed by atoms with Crippen LogP contribution in [0, 0.1) is 0 Å². The molecule has 0 spiro atoms. The first-order chi connectivity index (χ1) is 5.13. The molecule has 4 heteroatoms. The largest absolute Gasteiger partial charge is 0.464 e. The molecule has 0 atom stereocenters. The van der Waals surface area contributed by atoms with Gasteiger partial charge in [-0.25, -0.2) is 4.79 Å². The number of hydrogen-bond donors (Lipinski definition) is 2. The highest BCUT2D eigenvalue weighted by atomic mass is 16.5. The quantitative estimate of drug-likeness (QED) is 0.447. The standard InChI is InChI=1S/C7H14N2O2/c1-4-9-5(2)6(8)7(10)11-3/h9H,4,8H2,1-3H3/b6-5+. The summed E-state index contributed by atoms with van der Waals surface area (Å²) in [6, 6.07) is 0. The van der Waals surface area contributed by atoms with E-state index in [1.807, 2.05) is 6.92 Å². The molecule has 4 nitrogen and oxygen atoms in total. The van der Waals surface area contributed by atoms with Crippen LogP contribution in [0.5, 0.6) is 0 Å². The highest BCUT2D eigenvalue weighted by Crippen LogP contribution is 1.94. The minimum absolute atomic E-state index is 0.134. The molecule has 0 unspecified atom stereocenters. The van der Waals surface area contributed by atoms with Gasteiger partial charge in [0.1, 0.15) is 5.70 Å². The lowest BCUT2D eigenvalue weighted by Crippen LogP contribution is -2.22. The van der Waals surface area contributed by atoms with E-state index in [2.05, 4.69) is 10.1 Å². The molecule has 0 bridgehead atoms. The van der Waals surface area contributed by atoms with E-state index >= 15 is 0 Å². The molecule has 0 amide bonds. The Morgan fingerprint density at radius 1 is 1.64 bits per heavy atom. The third-order valence-electron chi connectivity index (χ3n) is 1.25. The van der Waals surface area contributed by atoms with Gasteiger partial charge in [0, 0.05) is 12.2 Å². The molecule has 0 aromatic carbocycles. The fourth-order valence-electron chi connectivity index (χ4n) is 0.623. The van der Waals surface area contributed by atoms with Gasteiger partial charge >= 0.3 is 5.97 Å². The van der Waals surface area contributed by atoms with Crippen LogP contribution in [-0.4, -0.2) is 19.6 Å². The molecule has 0 aliphatic heterocycles. The summed E-state index contributed by atoms with van der Waals surface area (Å²) < 4.78 is 4.42. The zero-order valence-electron chi connectivity index (χ0n) is 7.10. The summed E-state index contributed by atoms with van der Waals surface area (Å²) in [5.74, 6) is -0.497. The lowest BCUT2D eigenvalue weighted by atomic mass is 10.3. The highest BCUT2D eigenvalue weighted by Gasteiger charge is 2.06. The van der Waals surface area contributed by atoms with Gasteiger partial charge in [0.25, 0.3) is 0 Å². The van der Waals surface area contributed by atoms with E-state index in [1.54, 1.807) is 6.92 Å². The molecular weight excluding hydrogens is 144 g/mol. The molecule has 0 saturated heterocycles. The number of nitrogens with two attached hydrogens (primary N) is 1. The molecule has 0 aliphatic carbocycles. The Kier molecular flexibility index (Phi) is 4.10. The number of carbonyl (C=O) groups excluding carboxylic acids is 1. The SMILES string of the molecule is CCN/C(C)=C(/N)C(=O)OC. The summed E-state index contributed by atoms with van der Waals surface area (Å²) in [7, 11) is 1.30. The first-order valence-corrected chi connectivity index (χ1v) is 3.42. The third-order valence-corrected chi connectivity index (χ3v) is 1.25. The minimum atomic E-state index is -0.497. The molecule has 3 N–H and O–H groups in total. The van der Waals surface area contributed by atoms with Crippen molar-refractivity contribution in [1.29, 1.82) is 0 Å². The Balaban J connectivity index is 4.26. The highest BCUT2D eigenvalue weighted by molar-refractivity contribution is 5.87. The van der Waals surface area contributed by atoms with Crippen LogP contribution in [0.2, 0.25) is 0 Å². The van der Waals surface area contributed by atoms with E-state index < -0.39 is 5.97 Å². The molecule has 0 radical (unpaired) electrons. The van der Waals surface area contributed by atoms with E-state index in [0.717, 1.165) is 6.54 Å². The molecular formula is C7H14N2O2. The first-order valence-electron chi connectivity index (χ1n) is 3.42. The molecule has 0 saturated carbocycles. The second-order valence-corrected chi connectivity index (χ2v) is 2.06. The maximum absolute atomic E-state index is 10.8. The number of carbonyl (C=O) groups is 1. The van der Waals surface area contributed by atoms with Crippen molar-refractivity contribution in [2.24, 2.45) is 5.73 Å². The van der Waals surface area contributed by atoms with Gasteiger partial charge in [0.2, 0.25) is 0 Å². The summed E-state index contributed by atoms with van der Waals surface area (Å²) in [4.78, 5) is 10.8. The Labute approximate surface area is 66.4 Å². The average Bonchev–Trinajstić information content (AvgIpc) is 2.02. The van der Waals surface area contributed by atoms with Gasteiger partial charge in [0.15, 0.2) is 0 Å². The van der Waals surface area contributed by atoms with Crippen molar-refractivity contribution in [1.82, 2.24) is 5.32 Å². The van der Waals surface area contributed by atoms with Crippen LogP contribution in [-0.2, 0) is 9.53 Å².